The summed E-state index contributed by atoms with van der Waals surface area (Å²) in [5.74, 6) is 2.48. The Morgan fingerprint density at radius 3 is 2.67 bits per heavy atom. The molecule has 1 fully saturated rings. The third kappa shape index (κ3) is 4.31. The highest BCUT2D eigenvalue weighted by molar-refractivity contribution is 5.48. The van der Waals surface area contributed by atoms with Gasteiger partial charge in [-0.15, -0.1) is 10.2 Å². The number of nitrogens with zero attached hydrogens (tertiary/aromatic N) is 7. The minimum atomic E-state index is 0.473. The first kappa shape index (κ1) is 17.6. The van der Waals surface area contributed by atoms with Crippen molar-refractivity contribution in [1.29, 1.82) is 0 Å². The zero-order valence-corrected chi connectivity index (χ0v) is 15.6. The molecule has 1 saturated heterocycles. The molecule has 1 aromatic carbocycles. The molecule has 7 nitrogen and oxygen atoms in total. The largest absolute Gasteiger partial charge is 0.316 e. The Morgan fingerprint density at radius 2 is 1.93 bits per heavy atom. The van der Waals surface area contributed by atoms with Crippen LogP contribution in [0.1, 0.15) is 36.0 Å². The number of likely N-dealkylation sites (tertiary alicyclic amines) is 1. The van der Waals surface area contributed by atoms with Crippen molar-refractivity contribution in [2.75, 3.05) is 19.6 Å². The van der Waals surface area contributed by atoms with Crippen molar-refractivity contribution in [3.63, 3.8) is 0 Å². The fourth-order valence-electron chi connectivity index (χ4n) is 3.60. The molecule has 1 aliphatic heterocycles. The van der Waals surface area contributed by atoms with Gasteiger partial charge in [-0.05, 0) is 31.5 Å². The lowest BCUT2D eigenvalue weighted by Crippen LogP contribution is -2.33. The van der Waals surface area contributed by atoms with Crippen molar-refractivity contribution in [2.24, 2.45) is 7.05 Å². The zero-order chi connectivity index (χ0) is 18.5. The number of hydrogen-bond donors (Lipinski definition) is 0. The third-order valence-corrected chi connectivity index (χ3v) is 5.19. The van der Waals surface area contributed by atoms with E-state index < -0.39 is 0 Å². The molecule has 0 unspecified atom stereocenters. The summed E-state index contributed by atoms with van der Waals surface area (Å²) in [5, 5.41) is 13.0. The molecule has 2 aromatic heterocycles. The molecule has 3 heterocycles. The first-order valence-electron chi connectivity index (χ1n) is 9.44. The molecule has 4 rings (SSSR count). The predicted molar refractivity (Wildman–Crippen MR) is 104 cm³/mol. The van der Waals surface area contributed by atoms with Crippen LogP contribution in [0.25, 0.3) is 6.08 Å². The number of rotatable bonds is 6. The van der Waals surface area contributed by atoms with Gasteiger partial charge in [-0.2, -0.15) is 5.10 Å². The molecule has 0 spiro atoms. The normalized spacial score (nSPS) is 16.3. The molecule has 140 valence electrons. The SMILES string of the molecule is Cn1c(Cn2cncn2)nnc1C1CCN(C/C=C/c2ccccc2)CC1. The molecule has 7 heteroatoms. The molecular formula is C20H25N7. The standard InChI is InChI=1S/C20H25N7/c1-25-19(14-27-16-21-15-22-27)23-24-20(25)18-9-12-26(13-10-18)11-5-8-17-6-3-2-4-7-17/h2-8,15-16,18H,9-14H2,1H3/b8-5+. The lowest BCUT2D eigenvalue weighted by atomic mass is 9.96. The first-order valence-corrected chi connectivity index (χ1v) is 9.44. The van der Waals surface area contributed by atoms with E-state index in [1.807, 2.05) is 6.07 Å². The van der Waals surface area contributed by atoms with Gasteiger partial charge < -0.3 is 4.57 Å². The second kappa shape index (κ2) is 8.26. The van der Waals surface area contributed by atoms with Gasteiger partial charge in [-0.1, -0.05) is 42.5 Å². The maximum atomic E-state index is 4.47. The quantitative estimate of drug-likeness (QED) is 0.673. The molecule has 0 atom stereocenters. The zero-order valence-electron chi connectivity index (χ0n) is 15.6. The van der Waals surface area contributed by atoms with Crippen LogP contribution < -0.4 is 0 Å². The maximum Gasteiger partial charge on any atom is 0.154 e. The van der Waals surface area contributed by atoms with E-state index in [1.165, 1.54) is 5.56 Å². The van der Waals surface area contributed by atoms with E-state index in [4.69, 9.17) is 0 Å². The van der Waals surface area contributed by atoms with E-state index in [0.717, 1.165) is 44.1 Å². The van der Waals surface area contributed by atoms with E-state index in [-0.39, 0.29) is 0 Å². The third-order valence-electron chi connectivity index (χ3n) is 5.19. The predicted octanol–water partition coefficient (Wildman–Crippen LogP) is 2.35. The summed E-state index contributed by atoms with van der Waals surface area (Å²) in [7, 11) is 2.05. The summed E-state index contributed by atoms with van der Waals surface area (Å²) in [6, 6.07) is 10.5. The molecule has 27 heavy (non-hydrogen) atoms. The fourth-order valence-corrected chi connectivity index (χ4v) is 3.60. The van der Waals surface area contributed by atoms with Crippen LogP contribution in [-0.2, 0) is 13.6 Å². The second-order valence-corrected chi connectivity index (χ2v) is 7.01. The highest BCUT2D eigenvalue weighted by Crippen LogP contribution is 2.26. The monoisotopic (exact) mass is 363 g/mol. The van der Waals surface area contributed by atoms with E-state index in [9.17, 15) is 0 Å². The van der Waals surface area contributed by atoms with Gasteiger partial charge in [0.05, 0.1) is 0 Å². The summed E-state index contributed by atoms with van der Waals surface area (Å²) in [5.41, 5.74) is 1.26. The Morgan fingerprint density at radius 1 is 1.11 bits per heavy atom. The Labute approximate surface area is 159 Å². The van der Waals surface area contributed by atoms with E-state index in [2.05, 4.69) is 73.2 Å². The highest BCUT2D eigenvalue weighted by atomic mass is 15.4. The summed E-state index contributed by atoms with van der Waals surface area (Å²) in [4.78, 5) is 6.48. The van der Waals surface area contributed by atoms with Crippen LogP contribution in [0.15, 0.2) is 49.1 Å². The summed E-state index contributed by atoms with van der Waals surface area (Å²) in [6.45, 7) is 3.79. The van der Waals surface area contributed by atoms with Crippen molar-refractivity contribution < 1.29 is 0 Å². The van der Waals surface area contributed by atoms with Crippen molar-refractivity contribution in [3.8, 4) is 0 Å². The van der Waals surface area contributed by atoms with Gasteiger partial charge in [0, 0.05) is 19.5 Å². The molecule has 0 N–H and O–H groups in total. The molecular weight excluding hydrogens is 338 g/mol. The van der Waals surface area contributed by atoms with Crippen LogP contribution in [0.3, 0.4) is 0 Å². The Balaban J connectivity index is 1.30. The summed E-state index contributed by atoms with van der Waals surface area (Å²) in [6.07, 6.45) is 9.94. The average molecular weight is 363 g/mol. The van der Waals surface area contributed by atoms with Crippen molar-refractivity contribution in [2.45, 2.75) is 25.3 Å². The minimum absolute atomic E-state index is 0.473. The average Bonchev–Trinajstić information content (AvgIpc) is 3.34. The van der Waals surface area contributed by atoms with Crippen LogP contribution in [-0.4, -0.2) is 54.1 Å². The van der Waals surface area contributed by atoms with Crippen LogP contribution >= 0.6 is 0 Å². The maximum absolute atomic E-state index is 4.47. The summed E-state index contributed by atoms with van der Waals surface area (Å²) < 4.78 is 3.90. The van der Waals surface area contributed by atoms with E-state index >= 15 is 0 Å². The summed E-state index contributed by atoms with van der Waals surface area (Å²) >= 11 is 0. The molecule has 0 aliphatic carbocycles. The van der Waals surface area contributed by atoms with Crippen LogP contribution in [0.2, 0.25) is 0 Å². The van der Waals surface area contributed by atoms with Crippen molar-refractivity contribution in [3.05, 3.63) is 66.3 Å². The Hall–Kier alpha value is -2.80. The van der Waals surface area contributed by atoms with Gasteiger partial charge >= 0.3 is 0 Å². The highest BCUT2D eigenvalue weighted by Gasteiger charge is 2.24. The van der Waals surface area contributed by atoms with Crippen LogP contribution in [0.4, 0.5) is 0 Å². The minimum Gasteiger partial charge on any atom is -0.316 e. The van der Waals surface area contributed by atoms with Gasteiger partial charge in [-0.25, -0.2) is 9.67 Å². The first-order chi connectivity index (χ1) is 13.3. The van der Waals surface area contributed by atoms with Crippen LogP contribution in [0.5, 0.6) is 0 Å². The van der Waals surface area contributed by atoms with Crippen molar-refractivity contribution in [1.82, 2.24) is 34.4 Å². The van der Waals surface area contributed by atoms with Crippen molar-refractivity contribution >= 4 is 6.08 Å². The Kier molecular flexibility index (Phi) is 5.39. The van der Waals surface area contributed by atoms with Gasteiger partial charge in [0.25, 0.3) is 0 Å². The van der Waals surface area contributed by atoms with E-state index in [0.29, 0.717) is 12.5 Å². The molecule has 3 aromatic rings. The molecule has 1 aliphatic rings. The second-order valence-electron chi connectivity index (χ2n) is 7.01. The fraction of sp³-hybridized carbons (Fsp3) is 0.400. The van der Waals surface area contributed by atoms with E-state index in [1.54, 1.807) is 17.3 Å². The molecule has 0 amide bonds. The van der Waals surface area contributed by atoms with Gasteiger partial charge in [-0.3, -0.25) is 4.90 Å². The number of piperidine rings is 1. The van der Waals surface area contributed by atoms with Crippen LogP contribution in [0, 0.1) is 0 Å². The number of aromatic nitrogens is 6. The Bertz CT molecular complexity index is 859. The number of benzene rings is 1. The van der Waals surface area contributed by atoms with Gasteiger partial charge in [0.15, 0.2) is 5.82 Å². The van der Waals surface area contributed by atoms with Gasteiger partial charge in [0.2, 0.25) is 0 Å². The number of hydrogen-bond acceptors (Lipinski definition) is 5. The molecule has 0 radical (unpaired) electrons. The lowest BCUT2D eigenvalue weighted by molar-refractivity contribution is 0.227. The smallest absolute Gasteiger partial charge is 0.154 e. The van der Waals surface area contributed by atoms with Gasteiger partial charge in [0.1, 0.15) is 25.0 Å². The molecule has 0 saturated carbocycles. The molecule has 0 bridgehead atoms. The lowest BCUT2D eigenvalue weighted by Gasteiger charge is -2.30. The topological polar surface area (TPSA) is 64.7 Å².